The van der Waals surface area contributed by atoms with Crippen molar-refractivity contribution >= 4 is 29.1 Å². The zero-order chi connectivity index (χ0) is 15.5. The highest BCUT2D eigenvalue weighted by molar-refractivity contribution is 7.98. The lowest BCUT2D eigenvalue weighted by Crippen LogP contribution is -2.02. The van der Waals surface area contributed by atoms with Gasteiger partial charge in [0.2, 0.25) is 5.76 Å². The van der Waals surface area contributed by atoms with Gasteiger partial charge in [-0.3, -0.25) is 0 Å². The number of thioether (sulfide) groups is 1. The van der Waals surface area contributed by atoms with Crippen molar-refractivity contribution in [2.24, 2.45) is 0 Å². The molecule has 114 valence electrons. The van der Waals surface area contributed by atoms with Crippen LogP contribution in [0.25, 0.3) is 10.8 Å². The van der Waals surface area contributed by atoms with Crippen molar-refractivity contribution in [2.75, 3.05) is 7.11 Å². The average Bonchev–Trinajstić information content (AvgIpc) is 3.24. The molecule has 0 fully saturated rings. The fraction of sp³-hybridized carbons (Fsp3) is 0.214. The van der Waals surface area contributed by atoms with E-state index in [1.807, 2.05) is 18.4 Å². The Morgan fingerprint density at radius 1 is 1.41 bits per heavy atom. The van der Waals surface area contributed by atoms with Gasteiger partial charge in [0.15, 0.2) is 0 Å². The normalized spacial score (nSPS) is 10.8. The lowest BCUT2D eigenvalue weighted by Gasteiger charge is -1.98. The number of thiophene rings is 1. The molecule has 3 rings (SSSR count). The van der Waals surface area contributed by atoms with Crippen LogP contribution in [0.3, 0.4) is 0 Å². The summed E-state index contributed by atoms with van der Waals surface area (Å²) in [7, 11) is 1.31. The third kappa shape index (κ3) is 2.93. The molecule has 0 atom stereocenters. The highest BCUT2D eigenvalue weighted by atomic mass is 32.2. The number of furan rings is 1. The zero-order valence-corrected chi connectivity index (χ0v) is 13.5. The van der Waals surface area contributed by atoms with E-state index in [2.05, 4.69) is 14.9 Å². The summed E-state index contributed by atoms with van der Waals surface area (Å²) < 4.78 is 15.4. The van der Waals surface area contributed by atoms with E-state index in [1.54, 1.807) is 17.4 Å². The van der Waals surface area contributed by atoms with Gasteiger partial charge < -0.3 is 13.6 Å². The Morgan fingerprint density at radius 3 is 3.00 bits per heavy atom. The van der Waals surface area contributed by atoms with Gasteiger partial charge >= 0.3 is 5.97 Å². The number of carbonyl (C=O) groups excluding carboxylic acids is 1. The monoisotopic (exact) mass is 336 g/mol. The van der Waals surface area contributed by atoms with Gasteiger partial charge in [0, 0.05) is 11.3 Å². The van der Waals surface area contributed by atoms with Gasteiger partial charge in [-0.2, -0.15) is 0 Å². The van der Waals surface area contributed by atoms with Crippen molar-refractivity contribution in [1.29, 1.82) is 0 Å². The predicted octanol–water partition coefficient (Wildman–Crippen LogP) is 3.78. The first kappa shape index (κ1) is 14.9. The molecule has 0 bridgehead atoms. The summed E-state index contributed by atoms with van der Waals surface area (Å²) in [5.41, 5.74) is 1.83. The molecule has 6 nitrogen and oxygen atoms in total. The third-order valence-corrected chi connectivity index (χ3v) is 4.80. The molecule has 3 aromatic heterocycles. The first-order chi connectivity index (χ1) is 10.7. The van der Waals surface area contributed by atoms with Crippen molar-refractivity contribution in [3.8, 4) is 10.8 Å². The molecular formula is C14H12N2O4S2. The minimum atomic E-state index is -0.499. The summed E-state index contributed by atoms with van der Waals surface area (Å²) in [5.74, 6) is 0.687. The van der Waals surface area contributed by atoms with Gasteiger partial charge in [-0.25, -0.2) is 4.79 Å². The Morgan fingerprint density at radius 2 is 2.27 bits per heavy atom. The Labute approximate surface area is 134 Å². The van der Waals surface area contributed by atoms with Crippen LogP contribution < -0.4 is 0 Å². The van der Waals surface area contributed by atoms with Crippen LogP contribution in [0.15, 0.2) is 37.8 Å². The van der Waals surface area contributed by atoms with Gasteiger partial charge in [-0.1, -0.05) is 11.8 Å². The molecule has 0 spiro atoms. The molecule has 22 heavy (non-hydrogen) atoms. The third-order valence-electron chi connectivity index (χ3n) is 2.93. The Kier molecular flexibility index (Phi) is 4.30. The SMILES string of the molecule is COC(=O)c1occc1CSc1nnc(-c2sccc2C)o1. The number of carbonyl (C=O) groups is 1. The number of rotatable bonds is 5. The van der Waals surface area contributed by atoms with Crippen molar-refractivity contribution in [1.82, 2.24) is 10.2 Å². The van der Waals surface area contributed by atoms with Crippen LogP contribution in [0.5, 0.6) is 0 Å². The standard InChI is InChI=1S/C14H12N2O4S2/c1-8-4-6-21-11(8)12-15-16-14(20-12)22-7-9-3-5-19-10(9)13(17)18-2/h3-6H,7H2,1-2H3. The molecule has 0 amide bonds. The number of methoxy groups -OCH3 is 1. The van der Waals surface area contributed by atoms with Crippen molar-refractivity contribution in [3.05, 3.63) is 40.7 Å². The molecule has 0 aliphatic carbocycles. The van der Waals surface area contributed by atoms with Crippen LogP contribution in [0, 0.1) is 6.92 Å². The summed E-state index contributed by atoms with van der Waals surface area (Å²) in [6.45, 7) is 2.00. The van der Waals surface area contributed by atoms with Crippen LogP contribution in [0.2, 0.25) is 0 Å². The summed E-state index contributed by atoms with van der Waals surface area (Å²) in [4.78, 5) is 12.5. The Hall–Kier alpha value is -2.06. The minimum Gasteiger partial charge on any atom is -0.463 e. The molecule has 0 aliphatic rings. The number of aryl methyl sites for hydroxylation is 1. The second kappa shape index (κ2) is 6.37. The maximum Gasteiger partial charge on any atom is 0.374 e. The molecule has 0 saturated carbocycles. The quantitative estimate of drug-likeness (QED) is 0.518. The maximum atomic E-state index is 11.5. The van der Waals surface area contributed by atoms with Crippen LogP contribution in [-0.4, -0.2) is 23.3 Å². The number of aromatic nitrogens is 2. The van der Waals surface area contributed by atoms with Crippen LogP contribution in [0.4, 0.5) is 0 Å². The lowest BCUT2D eigenvalue weighted by atomic mass is 10.3. The van der Waals surface area contributed by atoms with E-state index in [4.69, 9.17) is 8.83 Å². The van der Waals surface area contributed by atoms with Crippen molar-refractivity contribution < 1.29 is 18.4 Å². The van der Waals surface area contributed by atoms with E-state index in [1.165, 1.54) is 25.1 Å². The fourth-order valence-corrected chi connectivity index (χ4v) is 3.40. The van der Waals surface area contributed by atoms with E-state index >= 15 is 0 Å². The maximum absolute atomic E-state index is 11.5. The van der Waals surface area contributed by atoms with Gasteiger partial charge in [0.1, 0.15) is 0 Å². The van der Waals surface area contributed by atoms with Crippen LogP contribution in [0.1, 0.15) is 21.7 Å². The smallest absolute Gasteiger partial charge is 0.374 e. The molecule has 3 aromatic rings. The Balaban J connectivity index is 1.71. The summed E-state index contributed by atoms with van der Waals surface area (Å²) in [6, 6.07) is 3.73. The summed E-state index contributed by atoms with van der Waals surface area (Å²) >= 11 is 2.90. The molecule has 0 N–H and O–H groups in total. The highest BCUT2D eigenvalue weighted by Crippen LogP contribution is 2.31. The van der Waals surface area contributed by atoms with E-state index in [0.29, 0.717) is 16.9 Å². The van der Waals surface area contributed by atoms with E-state index in [0.717, 1.165) is 16.0 Å². The molecule has 3 heterocycles. The lowest BCUT2D eigenvalue weighted by molar-refractivity contribution is 0.0564. The average molecular weight is 336 g/mol. The first-order valence-corrected chi connectivity index (χ1v) is 8.21. The number of nitrogens with zero attached hydrogens (tertiary/aromatic N) is 2. The van der Waals surface area contributed by atoms with E-state index in [9.17, 15) is 4.79 Å². The molecule has 0 aromatic carbocycles. The number of esters is 1. The molecule has 0 radical (unpaired) electrons. The topological polar surface area (TPSA) is 78.4 Å². The molecule has 0 unspecified atom stereocenters. The second-order valence-corrected chi connectivity index (χ2v) is 6.20. The number of ether oxygens (including phenoxy) is 1. The second-order valence-electron chi connectivity index (χ2n) is 4.36. The molecule has 8 heteroatoms. The summed E-state index contributed by atoms with van der Waals surface area (Å²) in [5, 5.41) is 10.5. The highest BCUT2D eigenvalue weighted by Gasteiger charge is 2.18. The van der Waals surface area contributed by atoms with Crippen molar-refractivity contribution in [3.63, 3.8) is 0 Å². The number of hydrogen-bond acceptors (Lipinski definition) is 8. The number of hydrogen-bond donors (Lipinski definition) is 0. The van der Waals surface area contributed by atoms with E-state index in [-0.39, 0.29) is 5.76 Å². The summed E-state index contributed by atoms with van der Waals surface area (Å²) in [6.07, 6.45) is 1.45. The molecular weight excluding hydrogens is 324 g/mol. The van der Waals surface area contributed by atoms with Crippen LogP contribution >= 0.6 is 23.1 Å². The van der Waals surface area contributed by atoms with Gasteiger partial charge in [-0.05, 0) is 30.0 Å². The molecule has 0 aliphatic heterocycles. The predicted molar refractivity (Wildman–Crippen MR) is 82.0 cm³/mol. The fourth-order valence-electron chi connectivity index (χ4n) is 1.81. The van der Waals surface area contributed by atoms with Crippen molar-refractivity contribution in [2.45, 2.75) is 17.9 Å². The largest absolute Gasteiger partial charge is 0.463 e. The Bertz CT molecular complexity index is 790. The van der Waals surface area contributed by atoms with Gasteiger partial charge in [0.25, 0.3) is 11.1 Å². The van der Waals surface area contributed by atoms with Crippen LogP contribution in [-0.2, 0) is 10.5 Å². The van der Waals surface area contributed by atoms with Gasteiger partial charge in [-0.15, -0.1) is 21.5 Å². The zero-order valence-electron chi connectivity index (χ0n) is 11.9. The first-order valence-electron chi connectivity index (χ1n) is 6.34. The minimum absolute atomic E-state index is 0.198. The molecule has 0 saturated heterocycles. The van der Waals surface area contributed by atoms with Gasteiger partial charge in [0.05, 0.1) is 18.3 Å². The van der Waals surface area contributed by atoms with E-state index < -0.39 is 5.97 Å².